The number of halogens is 2. The lowest BCUT2D eigenvalue weighted by Crippen LogP contribution is -2.54. The highest BCUT2D eigenvalue weighted by atomic mass is 19.1. The molecule has 3 rings (SSSR count). The molecule has 8 heteroatoms. The van der Waals surface area contributed by atoms with Gasteiger partial charge in [0.05, 0.1) is 5.56 Å². The van der Waals surface area contributed by atoms with Gasteiger partial charge in [0.15, 0.2) is 0 Å². The van der Waals surface area contributed by atoms with Gasteiger partial charge >= 0.3 is 0 Å². The zero-order chi connectivity index (χ0) is 24.0. The molecule has 1 heterocycles. The van der Waals surface area contributed by atoms with E-state index >= 15 is 0 Å². The highest BCUT2D eigenvalue weighted by Gasteiger charge is 2.36. The number of hydrogen-bond acceptors (Lipinski definition) is 3. The second kappa shape index (κ2) is 11.0. The molecule has 1 saturated heterocycles. The zero-order valence-electron chi connectivity index (χ0n) is 18.9. The largest absolute Gasteiger partial charge is 0.341 e. The van der Waals surface area contributed by atoms with Gasteiger partial charge in [-0.15, -0.1) is 0 Å². The molecular weight excluding hydrogens is 428 g/mol. The quantitative estimate of drug-likeness (QED) is 0.692. The molecule has 0 bridgehead atoms. The molecule has 1 unspecified atom stereocenters. The van der Waals surface area contributed by atoms with E-state index in [-0.39, 0.29) is 28.9 Å². The molecule has 1 fully saturated rings. The van der Waals surface area contributed by atoms with Crippen molar-refractivity contribution in [1.29, 1.82) is 0 Å². The van der Waals surface area contributed by atoms with Crippen LogP contribution in [0.5, 0.6) is 0 Å². The van der Waals surface area contributed by atoms with Crippen LogP contribution in [0, 0.1) is 17.6 Å². The van der Waals surface area contributed by atoms with E-state index in [2.05, 4.69) is 5.32 Å². The average molecular weight is 458 g/mol. The number of likely N-dealkylation sites (N-methyl/N-ethyl adjacent to an activating group) is 1. The Balaban J connectivity index is 1.74. The molecule has 0 radical (unpaired) electrons. The van der Waals surface area contributed by atoms with Crippen LogP contribution in [0.25, 0.3) is 0 Å². The van der Waals surface area contributed by atoms with E-state index in [0.717, 1.165) is 0 Å². The van der Waals surface area contributed by atoms with E-state index in [1.165, 1.54) is 36.4 Å². The molecule has 0 aliphatic carbocycles. The molecule has 1 atom stereocenters. The van der Waals surface area contributed by atoms with Crippen molar-refractivity contribution in [2.45, 2.75) is 32.7 Å². The Hall–Kier alpha value is -3.29. The van der Waals surface area contributed by atoms with E-state index in [9.17, 15) is 23.2 Å². The summed E-state index contributed by atoms with van der Waals surface area (Å²) in [5.74, 6) is -2.48. The Bertz CT molecular complexity index is 1000. The van der Waals surface area contributed by atoms with Crippen molar-refractivity contribution in [2.75, 3.05) is 26.2 Å². The van der Waals surface area contributed by atoms with Crippen LogP contribution < -0.4 is 5.32 Å². The zero-order valence-corrected chi connectivity index (χ0v) is 18.9. The van der Waals surface area contributed by atoms with Crippen LogP contribution in [0.3, 0.4) is 0 Å². The maximum Gasteiger partial charge on any atom is 0.254 e. The van der Waals surface area contributed by atoms with Crippen molar-refractivity contribution in [3.05, 3.63) is 71.3 Å². The van der Waals surface area contributed by atoms with Crippen molar-refractivity contribution < 1.29 is 23.2 Å². The summed E-state index contributed by atoms with van der Waals surface area (Å²) in [6, 6.07) is 10.4. The highest BCUT2D eigenvalue weighted by Crippen LogP contribution is 2.24. The van der Waals surface area contributed by atoms with Gasteiger partial charge in [0.2, 0.25) is 5.91 Å². The number of nitrogens with zero attached hydrogens (tertiary/aromatic N) is 2. The van der Waals surface area contributed by atoms with Crippen LogP contribution in [0.15, 0.2) is 48.5 Å². The molecule has 0 spiro atoms. The molecule has 1 aliphatic heterocycles. The van der Waals surface area contributed by atoms with Gasteiger partial charge in [-0.05, 0) is 62.9 Å². The van der Waals surface area contributed by atoms with Gasteiger partial charge in [-0.3, -0.25) is 14.4 Å². The summed E-state index contributed by atoms with van der Waals surface area (Å²) in [6.45, 7) is 5.43. The first kappa shape index (κ1) is 24.4. The minimum Gasteiger partial charge on any atom is -0.341 e. The van der Waals surface area contributed by atoms with Gasteiger partial charge in [0.1, 0.15) is 17.7 Å². The fourth-order valence-electron chi connectivity index (χ4n) is 4.22. The molecule has 3 amide bonds. The molecule has 6 nitrogen and oxygen atoms in total. The average Bonchev–Trinajstić information content (AvgIpc) is 2.83. The summed E-state index contributed by atoms with van der Waals surface area (Å²) < 4.78 is 27.6. The fraction of sp³-hybridized carbons (Fsp3) is 0.400. The Morgan fingerprint density at radius 1 is 1.03 bits per heavy atom. The number of benzene rings is 2. The molecule has 176 valence electrons. The third-order valence-electron chi connectivity index (χ3n) is 6.12. The van der Waals surface area contributed by atoms with Gasteiger partial charge in [-0.25, -0.2) is 8.78 Å². The number of carbonyl (C=O) groups is 3. The maximum absolute atomic E-state index is 14.1. The minimum atomic E-state index is -0.830. The van der Waals surface area contributed by atoms with E-state index in [0.29, 0.717) is 39.0 Å². The maximum atomic E-state index is 14.1. The number of rotatable bonds is 7. The van der Waals surface area contributed by atoms with E-state index in [1.54, 1.807) is 21.9 Å². The SMILES string of the molecule is CCN(CC)C(=O)C(NC(=O)c1ccccc1F)C1CCN(C(=O)c2cccc(F)c2)CC1. The summed E-state index contributed by atoms with van der Waals surface area (Å²) in [7, 11) is 0. The summed E-state index contributed by atoms with van der Waals surface area (Å²) in [5, 5.41) is 2.75. The molecule has 0 aromatic heterocycles. The summed E-state index contributed by atoms with van der Waals surface area (Å²) in [4.78, 5) is 42.0. The van der Waals surface area contributed by atoms with Crippen molar-refractivity contribution in [1.82, 2.24) is 15.1 Å². The first-order chi connectivity index (χ1) is 15.8. The minimum absolute atomic E-state index is 0.117. The number of amides is 3. The number of nitrogens with one attached hydrogen (secondary N) is 1. The van der Waals surface area contributed by atoms with Crippen molar-refractivity contribution in [3.8, 4) is 0 Å². The standard InChI is InChI=1S/C25H29F2N3O3/c1-3-29(4-2)25(33)22(28-23(31)20-10-5-6-11-21(20)27)17-12-14-30(15-13-17)24(32)18-8-7-9-19(26)16-18/h5-11,16-17,22H,3-4,12-15H2,1-2H3,(H,28,31). The van der Waals surface area contributed by atoms with E-state index in [1.807, 2.05) is 13.8 Å². The Labute approximate surface area is 192 Å². The predicted octanol–water partition coefficient (Wildman–Crippen LogP) is 3.48. The second-order valence-electron chi connectivity index (χ2n) is 8.08. The van der Waals surface area contributed by atoms with Gasteiger partial charge < -0.3 is 15.1 Å². The van der Waals surface area contributed by atoms with Crippen LogP contribution in [-0.4, -0.2) is 59.7 Å². The molecule has 1 aliphatic rings. The molecule has 2 aromatic carbocycles. The van der Waals surface area contributed by atoms with Crippen molar-refractivity contribution >= 4 is 17.7 Å². The first-order valence-corrected chi connectivity index (χ1v) is 11.2. The van der Waals surface area contributed by atoms with Crippen LogP contribution >= 0.6 is 0 Å². The highest BCUT2D eigenvalue weighted by molar-refractivity contribution is 5.98. The second-order valence-corrected chi connectivity index (χ2v) is 8.08. The van der Waals surface area contributed by atoms with E-state index in [4.69, 9.17) is 0 Å². The predicted molar refractivity (Wildman–Crippen MR) is 121 cm³/mol. The number of likely N-dealkylation sites (tertiary alicyclic amines) is 1. The van der Waals surface area contributed by atoms with Gasteiger partial charge in [-0.2, -0.15) is 0 Å². The van der Waals surface area contributed by atoms with Crippen molar-refractivity contribution in [2.24, 2.45) is 5.92 Å². The lowest BCUT2D eigenvalue weighted by Gasteiger charge is -2.37. The van der Waals surface area contributed by atoms with E-state index < -0.39 is 23.6 Å². The lowest BCUT2D eigenvalue weighted by molar-refractivity contribution is -0.134. The number of hydrogen-bond donors (Lipinski definition) is 1. The third-order valence-corrected chi connectivity index (χ3v) is 6.12. The first-order valence-electron chi connectivity index (χ1n) is 11.2. The van der Waals surface area contributed by atoms with Crippen LogP contribution in [-0.2, 0) is 4.79 Å². The van der Waals surface area contributed by atoms with Crippen molar-refractivity contribution in [3.63, 3.8) is 0 Å². The Morgan fingerprint density at radius 2 is 1.70 bits per heavy atom. The van der Waals surface area contributed by atoms with Gasteiger partial charge in [-0.1, -0.05) is 18.2 Å². The van der Waals surface area contributed by atoms with Gasteiger partial charge in [0, 0.05) is 31.7 Å². The molecule has 2 aromatic rings. The topological polar surface area (TPSA) is 69.7 Å². The van der Waals surface area contributed by atoms with Crippen LogP contribution in [0.1, 0.15) is 47.4 Å². The molecule has 33 heavy (non-hydrogen) atoms. The molecular formula is C25H29F2N3O3. The number of carbonyl (C=O) groups excluding carboxylic acids is 3. The van der Waals surface area contributed by atoms with Gasteiger partial charge in [0.25, 0.3) is 11.8 Å². The molecule has 0 saturated carbocycles. The molecule has 1 N–H and O–H groups in total. The van der Waals surface area contributed by atoms with Crippen LogP contribution in [0.2, 0.25) is 0 Å². The monoisotopic (exact) mass is 457 g/mol. The normalized spacial score (nSPS) is 15.1. The third kappa shape index (κ3) is 5.74. The fourth-order valence-corrected chi connectivity index (χ4v) is 4.22. The smallest absolute Gasteiger partial charge is 0.254 e. The Morgan fingerprint density at radius 3 is 2.30 bits per heavy atom. The summed E-state index contributed by atoms with van der Waals surface area (Å²) in [5.41, 5.74) is 0.158. The summed E-state index contributed by atoms with van der Waals surface area (Å²) in [6.07, 6.45) is 0.965. The summed E-state index contributed by atoms with van der Waals surface area (Å²) >= 11 is 0. The number of piperidine rings is 1. The lowest BCUT2D eigenvalue weighted by atomic mass is 9.87. The Kier molecular flexibility index (Phi) is 8.14. The van der Waals surface area contributed by atoms with Crippen LogP contribution in [0.4, 0.5) is 8.78 Å².